The van der Waals surface area contributed by atoms with Gasteiger partial charge in [0, 0.05) is 7.05 Å². The van der Waals surface area contributed by atoms with Crippen molar-refractivity contribution in [3.05, 3.63) is 52.2 Å². The number of hydrogen-bond acceptors (Lipinski definition) is 5. The number of esters is 1. The van der Waals surface area contributed by atoms with Gasteiger partial charge in [-0.2, -0.15) is 0 Å². The zero-order valence-corrected chi connectivity index (χ0v) is 13.1. The minimum atomic E-state index is -0.628. The first-order valence-electron chi connectivity index (χ1n) is 6.58. The first kappa shape index (κ1) is 15.9. The first-order valence-corrected chi connectivity index (χ1v) is 7.46. The number of hydrogen-bond donors (Lipinski definition) is 0. The molecule has 0 unspecified atom stereocenters. The third-order valence-corrected chi connectivity index (χ3v) is 3.79. The number of ketones is 1. The summed E-state index contributed by atoms with van der Waals surface area (Å²) in [5.41, 5.74) is 0.686. The zero-order chi connectivity index (χ0) is 16.1. The van der Waals surface area contributed by atoms with Crippen LogP contribution in [0, 0.1) is 0 Å². The fourth-order valence-corrected chi connectivity index (χ4v) is 2.56. The van der Waals surface area contributed by atoms with Crippen molar-refractivity contribution < 1.29 is 19.1 Å². The van der Waals surface area contributed by atoms with E-state index in [0.717, 1.165) is 0 Å². The number of amides is 1. The van der Waals surface area contributed by atoms with E-state index in [2.05, 4.69) is 0 Å². The fraction of sp³-hybridized carbons (Fsp3) is 0.188. The molecule has 2 aromatic rings. The van der Waals surface area contributed by atoms with Crippen LogP contribution in [0.3, 0.4) is 0 Å². The van der Waals surface area contributed by atoms with Gasteiger partial charge in [0.1, 0.15) is 6.61 Å². The van der Waals surface area contributed by atoms with E-state index in [4.69, 9.17) is 4.74 Å². The minimum Gasteiger partial charge on any atom is -0.454 e. The second-order valence-corrected chi connectivity index (χ2v) is 5.58. The summed E-state index contributed by atoms with van der Waals surface area (Å²) in [5.74, 6) is -1.08. The number of carbonyl (C=O) groups excluding carboxylic acids is 3. The quantitative estimate of drug-likeness (QED) is 0.796. The predicted octanol–water partition coefficient (Wildman–Crippen LogP) is 2.77. The van der Waals surface area contributed by atoms with Gasteiger partial charge in [0.05, 0.1) is 16.1 Å². The van der Waals surface area contributed by atoms with Gasteiger partial charge in [0.2, 0.25) is 0 Å². The van der Waals surface area contributed by atoms with Crippen molar-refractivity contribution in [2.45, 2.75) is 6.92 Å². The van der Waals surface area contributed by atoms with Crippen LogP contribution in [0.1, 0.15) is 27.0 Å². The molecule has 0 radical (unpaired) electrons. The molecule has 0 saturated carbocycles. The van der Waals surface area contributed by atoms with E-state index in [1.165, 1.54) is 23.2 Å². The van der Waals surface area contributed by atoms with Gasteiger partial charge in [0.15, 0.2) is 5.78 Å². The molecule has 1 aromatic carbocycles. The number of anilines is 1. The van der Waals surface area contributed by atoms with E-state index >= 15 is 0 Å². The molecule has 0 bridgehead atoms. The molecule has 1 aromatic heterocycles. The van der Waals surface area contributed by atoms with Crippen molar-refractivity contribution in [3.8, 4) is 0 Å². The number of thiophene rings is 1. The molecule has 0 saturated heterocycles. The molecule has 22 heavy (non-hydrogen) atoms. The van der Waals surface area contributed by atoms with Gasteiger partial charge in [-0.3, -0.25) is 9.59 Å². The summed E-state index contributed by atoms with van der Waals surface area (Å²) >= 11 is 1.33. The third kappa shape index (κ3) is 3.59. The molecular formula is C16H15NO4S. The van der Waals surface area contributed by atoms with Crippen molar-refractivity contribution in [1.82, 2.24) is 0 Å². The van der Waals surface area contributed by atoms with Gasteiger partial charge < -0.3 is 9.64 Å². The van der Waals surface area contributed by atoms with Crippen LogP contribution in [0.15, 0.2) is 41.8 Å². The molecule has 5 nitrogen and oxygen atoms in total. The van der Waals surface area contributed by atoms with Crippen LogP contribution in [0.4, 0.5) is 5.69 Å². The molecule has 2 rings (SSSR count). The van der Waals surface area contributed by atoms with Crippen LogP contribution >= 0.6 is 11.3 Å². The highest BCUT2D eigenvalue weighted by Gasteiger charge is 2.21. The number of benzene rings is 1. The fourth-order valence-electron chi connectivity index (χ4n) is 1.86. The number of Topliss-reactive ketones (excluding diaryl/α,β-unsaturated/α-hetero) is 1. The zero-order valence-electron chi connectivity index (χ0n) is 12.2. The van der Waals surface area contributed by atoms with Gasteiger partial charge in [-0.1, -0.05) is 18.2 Å². The Kier molecular flexibility index (Phi) is 5.06. The van der Waals surface area contributed by atoms with Crippen molar-refractivity contribution in [2.75, 3.05) is 18.6 Å². The van der Waals surface area contributed by atoms with Gasteiger partial charge in [-0.25, -0.2) is 4.79 Å². The Morgan fingerprint density at radius 1 is 1.14 bits per heavy atom. The number of rotatable bonds is 5. The Bertz CT molecular complexity index is 694. The lowest BCUT2D eigenvalue weighted by Gasteiger charge is -2.19. The van der Waals surface area contributed by atoms with E-state index < -0.39 is 5.97 Å². The van der Waals surface area contributed by atoms with Crippen LogP contribution in [-0.4, -0.2) is 31.3 Å². The van der Waals surface area contributed by atoms with Gasteiger partial charge in [-0.15, -0.1) is 11.3 Å². The summed E-state index contributed by atoms with van der Waals surface area (Å²) in [5, 5.41) is 1.81. The van der Waals surface area contributed by atoms with E-state index in [-0.39, 0.29) is 23.9 Å². The second-order valence-electron chi connectivity index (χ2n) is 4.64. The molecule has 1 heterocycles. The molecule has 0 atom stereocenters. The molecule has 1 amide bonds. The summed E-state index contributed by atoms with van der Waals surface area (Å²) in [4.78, 5) is 37.3. The average molecular weight is 317 g/mol. The number of para-hydroxylation sites is 1. The third-order valence-electron chi connectivity index (χ3n) is 2.93. The Morgan fingerprint density at radius 3 is 2.50 bits per heavy atom. The number of nitrogens with zero attached hydrogens (tertiary/aromatic N) is 1. The van der Waals surface area contributed by atoms with Crippen molar-refractivity contribution in [1.29, 1.82) is 0 Å². The molecule has 0 aliphatic carbocycles. The summed E-state index contributed by atoms with van der Waals surface area (Å²) in [6.07, 6.45) is 0. The van der Waals surface area contributed by atoms with Gasteiger partial charge in [-0.05, 0) is 30.5 Å². The van der Waals surface area contributed by atoms with Crippen LogP contribution in [0.25, 0.3) is 0 Å². The summed E-state index contributed by atoms with van der Waals surface area (Å²) < 4.78 is 4.93. The predicted molar refractivity (Wildman–Crippen MR) is 84.5 cm³/mol. The molecular weight excluding hydrogens is 302 g/mol. The smallest absolute Gasteiger partial charge is 0.340 e. The van der Waals surface area contributed by atoms with E-state index in [9.17, 15) is 14.4 Å². The normalized spacial score (nSPS) is 10.1. The maximum absolute atomic E-state index is 12.4. The largest absolute Gasteiger partial charge is 0.454 e. The number of ether oxygens (including phenoxy) is 1. The van der Waals surface area contributed by atoms with Crippen LogP contribution in [0.5, 0.6) is 0 Å². The lowest BCUT2D eigenvalue weighted by atomic mass is 10.1. The molecule has 0 fully saturated rings. The Hall–Kier alpha value is -2.47. The average Bonchev–Trinajstić information content (AvgIpc) is 3.05. The number of carbonyl (C=O) groups is 3. The van der Waals surface area contributed by atoms with E-state index in [0.29, 0.717) is 10.6 Å². The highest BCUT2D eigenvalue weighted by atomic mass is 32.1. The second kappa shape index (κ2) is 7.00. The Balaban J connectivity index is 2.26. The lowest BCUT2D eigenvalue weighted by molar-refractivity contribution is -0.120. The maximum Gasteiger partial charge on any atom is 0.340 e. The van der Waals surface area contributed by atoms with Crippen LogP contribution < -0.4 is 4.90 Å². The van der Waals surface area contributed by atoms with Crippen molar-refractivity contribution in [2.24, 2.45) is 0 Å². The standard InChI is InChI=1S/C16H15NO4S/c1-11(18)10-21-16(20)12-6-3-4-7-13(12)17(2)15(19)14-8-5-9-22-14/h3-9H,10H2,1-2H3. The van der Waals surface area contributed by atoms with Gasteiger partial charge >= 0.3 is 5.97 Å². The first-order chi connectivity index (χ1) is 10.5. The van der Waals surface area contributed by atoms with E-state index in [1.807, 2.05) is 5.38 Å². The highest BCUT2D eigenvalue weighted by molar-refractivity contribution is 7.12. The molecule has 6 heteroatoms. The summed E-state index contributed by atoms with van der Waals surface area (Å²) in [7, 11) is 1.60. The van der Waals surface area contributed by atoms with Crippen LogP contribution in [0.2, 0.25) is 0 Å². The topological polar surface area (TPSA) is 63.7 Å². The molecule has 114 valence electrons. The van der Waals surface area contributed by atoms with Crippen molar-refractivity contribution in [3.63, 3.8) is 0 Å². The molecule has 0 aliphatic heterocycles. The van der Waals surface area contributed by atoms with E-state index in [1.54, 1.807) is 43.4 Å². The van der Waals surface area contributed by atoms with Crippen LogP contribution in [-0.2, 0) is 9.53 Å². The Labute approximate surface area is 132 Å². The molecule has 0 spiro atoms. The summed E-state index contributed by atoms with van der Waals surface area (Å²) in [6.45, 7) is 1.06. The SMILES string of the molecule is CC(=O)COC(=O)c1ccccc1N(C)C(=O)c1cccs1. The minimum absolute atomic E-state index is 0.207. The lowest BCUT2D eigenvalue weighted by Crippen LogP contribution is -2.27. The molecule has 0 N–H and O–H groups in total. The van der Waals surface area contributed by atoms with Gasteiger partial charge in [0.25, 0.3) is 5.91 Å². The summed E-state index contributed by atoms with van der Waals surface area (Å²) in [6, 6.07) is 10.2. The maximum atomic E-state index is 12.4. The monoisotopic (exact) mass is 317 g/mol. The molecule has 0 aliphatic rings. The Morgan fingerprint density at radius 2 is 1.86 bits per heavy atom. The van der Waals surface area contributed by atoms with Crippen molar-refractivity contribution >= 4 is 34.7 Å². The highest BCUT2D eigenvalue weighted by Crippen LogP contribution is 2.23.